The van der Waals surface area contributed by atoms with Crippen molar-refractivity contribution in [3.63, 3.8) is 0 Å². The van der Waals surface area contributed by atoms with Gasteiger partial charge in [0.25, 0.3) is 5.69 Å². The Balaban J connectivity index is 1.70. The number of hydrogen-bond acceptors (Lipinski definition) is 5. The Hall–Kier alpha value is -2.80. The van der Waals surface area contributed by atoms with Crippen molar-refractivity contribution in [1.29, 1.82) is 0 Å². The minimum atomic E-state index is -0.445. The van der Waals surface area contributed by atoms with E-state index in [9.17, 15) is 14.9 Å². The molecule has 1 unspecified atom stereocenters. The number of fused-ring (bicyclic) bond motifs is 1. The Morgan fingerprint density at radius 1 is 1.29 bits per heavy atom. The first kappa shape index (κ1) is 16.1. The van der Waals surface area contributed by atoms with Gasteiger partial charge in [-0.2, -0.15) is 0 Å². The second-order valence-electron chi connectivity index (χ2n) is 5.49. The van der Waals surface area contributed by atoms with Gasteiger partial charge in [-0.1, -0.05) is 48.6 Å². The van der Waals surface area contributed by atoms with E-state index in [4.69, 9.17) is 0 Å². The van der Waals surface area contributed by atoms with Crippen molar-refractivity contribution in [2.75, 3.05) is 5.32 Å². The number of aromatic nitrogens is 1. The zero-order chi connectivity index (χ0) is 17.1. The van der Waals surface area contributed by atoms with Gasteiger partial charge in [-0.3, -0.25) is 14.9 Å². The van der Waals surface area contributed by atoms with Gasteiger partial charge in [0.15, 0.2) is 5.13 Å². The number of benzene rings is 2. The van der Waals surface area contributed by atoms with Crippen molar-refractivity contribution >= 4 is 38.3 Å². The molecular weight excluding hydrogens is 326 g/mol. The van der Waals surface area contributed by atoms with Crippen LogP contribution in [0.1, 0.15) is 24.8 Å². The number of carbonyl (C=O) groups excluding carboxylic acids is 1. The van der Waals surface area contributed by atoms with Gasteiger partial charge in [0, 0.05) is 18.6 Å². The number of hydrogen-bond donors (Lipinski definition) is 1. The number of nitrogens with one attached hydrogen (secondary N) is 1. The van der Waals surface area contributed by atoms with Gasteiger partial charge in [-0.05, 0) is 17.5 Å². The van der Waals surface area contributed by atoms with Crippen LogP contribution in [0.4, 0.5) is 10.8 Å². The van der Waals surface area contributed by atoms with Crippen LogP contribution in [0.3, 0.4) is 0 Å². The van der Waals surface area contributed by atoms with Crippen LogP contribution in [0.25, 0.3) is 10.2 Å². The van der Waals surface area contributed by atoms with Crippen molar-refractivity contribution in [3.05, 3.63) is 64.2 Å². The van der Waals surface area contributed by atoms with Gasteiger partial charge in [0.2, 0.25) is 5.91 Å². The highest BCUT2D eigenvalue weighted by atomic mass is 32.1. The summed E-state index contributed by atoms with van der Waals surface area (Å²) in [6.45, 7) is 2.00. The molecule has 0 saturated carbocycles. The molecule has 0 aliphatic carbocycles. The SMILES string of the molecule is CC(CC(=O)Nc1nc2ccc([N+](=O)[O-])cc2s1)c1ccccc1. The van der Waals surface area contributed by atoms with Crippen LogP contribution < -0.4 is 5.32 Å². The molecular formula is C17H15N3O3S. The fraction of sp³-hybridized carbons (Fsp3) is 0.176. The molecule has 0 fully saturated rings. The highest BCUT2D eigenvalue weighted by Crippen LogP contribution is 2.29. The van der Waals surface area contributed by atoms with Crippen molar-refractivity contribution in [2.45, 2.75) is 19.3 Å². The van der Waals surface area contributed by atoms with Gasteiger partial charge in [-0.15, -0.1) is 0 Å². The summed E-state index contributed by atoms with van der Waals surface area (Å²) < 4.78 is 0.676. The van der Waals surface area contributed by atoms with E-state index in [-0.39, 0.29) is 17.5 Å². The zero-order valence-electron chi connectivity index (χ0n) is 12.9. The predicted molar refractivity (Wildman–Crippen MR) is 94.4 cm³/mol. The predicted octanol–water partition coefficient (Wildman–Crippen LogP) is 4.34. The molecule has 1 atom stereocenters. The summed E-state index contributed by atoms with van der Waals surface area (Å²) in [6, 6.07) is 14.3. The van der Waals surface area contributed by atoms with E-state index in [1.54, 1.807) is 6.07 Å². The van der Waals surface area contributed by atoms with E-state index in [0.717, 1.165) is 5.56 Å². The number of nitro benzene ring substituents is 1. The Kier molecular flexibility index (Phi) is 4.52. The number of thiazole rings is 1. The molecule has 0 radical (unpaired) electrons. The molecule has 3 rings (SSSR count). The number of anilines is 1. The van der Waals surface area contributed by atoms with Crippen molar-refractivity contribution in [3.8, 4) is 0 Å². The molecule has 0 bridgehead atoms. The van der Waals surface area contributed by atoms with Crippen LogP contribution in [-0.4, -0.2) is 15.8 Å². The Morgan fingerprint density at radius 2 is 2.04 bits per heavy atom. The summed E-state index contributed by atoms with van der Waals surface area (Å²) in [5.74, 6) is -0.0263. The lowest BCUT2D eigenvalue weighted by molar-refractivity contribution is -0.384. The fourth-order valence-electron chi connectivity index (χ4n) is 2.43. The summed E-state index contributed by atoms with van der Waals surface area (Å²) in [5, 5.41) is 14.0. The van der Waals surface area contributed by atoms with Crippen LogP contribution in [0, 0.1) is 10.1 Å². The molecule has 24 heavy (non-hydrogen) atoms. The van der Waals surface area contributed by atoms with E-state index >= 15 is 0 Å². The first-order valence-corrected chi connectivity index (χ1v) is 8.24. The summed E-state index contributed by atoms with van der Waals surface area (Å²) in [6.07, 6.45) is 0.347. The highest BCUT2D eigenvalue weighted by molar-refractivity contribution is 7.22. The number of nitro groups is 1. The van der Waals surface area contributed by atoms with Gasteiger partial charge in [0.1, 0.15) is 0 Å². The molecule has 1 heterocycles. The third-order valence-corrected chi connectivity index (χ3v) is 4.62. The molecule has 1 N–H and O–H groups in total. The average Bonchev–Trinajstić information content (AvgIpc) is 2.96. The topological polar surface area (TPSA) is 85.1 Å². The molecule has 0 spiro atoms. The number of amides is 1. The molecule has 3 aromatic rings. The Labute approximate surface area is 142 Å². The van der Waals surface area contributed by atoms with Gasteiger partial charge in [-0.25, -0.2) is 4.98 Å². The van der Waals surface area contributed by atoms with E-state index < -0.39 is 4.92 Å². The molecule has 0 aliphatic heterocycles. The summed E-state index contributed by atoms with van der Waals surface area (Å²) in [5.41, 5.74) is 1.76. The first-order valence-electron chi connectivity index (χ1n) is 7.42. The van der Waals surface area contributed by atoms with E-state index in [0.29, 0.717) is 21.8 Å². The molecule has 2 aromatic carbocycles. The maximum atomic E-state index is 12.2. The summed E-state index contributed by atoms with van der Waals surface area (Å²) >= 11 is 1.23. The second kappa shape index (κ2) is 6.76. The first-order chi connectivity index (χ1) is 11.5. The largest absolute Gasteiger partial charge is 0.302 e. The molecule has 6 nitrogen and oxygen atoms in total. The van der Waals surface area contributed by atoms with E-state index in [2.05, 4.69) is 10.3 Å². The minimum Gasteiger partial charge on any atom is -0.302 e. The molecule has 1 aromatic heterocycles. The van der Waals surface area contributed by atoms with Crippen LogP contribution in [0.15, 0.2) is 48.5 Å². The summed E-state index contributed by atoms with van der Waals surface area (Å²) in [7, 11) is 0. The van der Waals surface area contributed by atoms with Gasteiger partial charge < -0.3 is 5.32 Å². The van der Waals surface area contributed by atoms with Gasteiger partial charge >= 0.3 is 0 Å². The van der Waals surface area contributed by atoms with Crippen LogP contribution >= 0.6 is 11.3 Å². The number of rotatable bonds is 5. The Bertz CT molecular complexity index is 892. The molecule has 7 heteroatoms. The number of non-ortho nitro benzene ring substituents is 1. The lowest BCUT2D eigenvalue weighted by Crippen LogP contribution is -2.14. The van der Waals surface area contributed by atoms with Crippen molar-refractivity contribution < 1.29 is 9.72 Å². The fourth-order valence-corrected chi connectivity index (χ4v) is 3.34. The van der Waals surface area contributed by atoms with Gasteiger partial charge in [0.05, 0.1) is 15.1 Å². The lowest BCUT2D eigenvalue weighted by Gasteiger charge is -2.10. The van der Waals surface area contributed by atoms with E-state index in [1.165, 1.54) is 23.5 Å². The van der Waals surface area contributed by atoms with Crippen molar-refractivity contribution in [1.82, 2.24) is 4.98 Å². The number of carbonyl (C=O) groups is 1. The highest BCUT2D eigenvalue weighted by Gasteiger charge is 2.14. The third-order valence-electron chi connectivity index (χ3n) is 3.69. The molecule has 122 valence electrons. The standard InChI is InChI=1S/C17H15N3O3S/c1-11(12-5-3-2-4-6-12)9-16(21)19-17-18-14-8-7-13(20(22)23)10-15(14)24-17/h2-8,10-11H,9H2,1H3,(H,18,19,21). The second-order valence-corrected chi connectivity index (χ2v) is 6.52. The Morgan fingerprint density at radius 3 is 2.75 bits per heavy atom. The normalized spacial score (nSPS) is 12.0. The molecule has 0 saturated heterocycles. The third kappa shape index (κ3) is 3.57. The molecule has 0 aliphatic rings. The van der Waals surface area contributed by atoms with E-state index in [1.807, 2.05) is 37.3 Å². The average molecular weight is 341 g/mol. The van der Waals surface area contributed by atoms with Crippen LogP contribution in [-0.2, 0) is 4.79 Å². The lowest BCUT2D eigenvalue weighted by atomic mass is 9.98. The maximum Gasteiger partial charge on any atom is 0.270 e. The van der Waals surface area contributed by atoms with Crippen molar-refractivity contribution in [2.24, 2.45) is 0 Å². The monoisotopic (exact) mass is 341 g/mol. The molecule has 1 amide bonds. The minimum absolute atomic E-state index is 0.0155. The quantitative estimate of drug-likeness (QED) is 0.552. The maximum absolute atomic E-state index is 12.2. The summed E-state index contributed by atoms with van der Waals surface area (Å²) in [4.78, 5) is 26.9. The smallest absolute Gasteiger partial charge is 0.270 e. The van der Waals surface area contributed by atoms with Crippen LogP contribution in [0.5, 0.6) is 0 Å². The number of nitrogens with zero attached hydrogens (tertiary/aromatic N) is 2. The zero-order valence-corrected chi connectivity index (χ0v) is 13.7. The van der Waals surface area contributed by atoms with Crippen LogP contribution in [0.2, 0.25) is 0 Å².